The molecule has 7 nitrogen and oxygen atoms in total. The van der Waals surface area contributed by atoms with Crippen LogP contribution in [-0.4, -0.2) is 40.2 Å². The second kappa shape index (κ2) is 7.21. The summed E-state index contributed by atoms with van der Waals surface area (Å²) in [5.74, 6) is -1.61. The van der Waals surface area contributed by atoms with Gasteiger partial charge in [0.15, 0.2) is 0 Å². The maximum Gasteiger partial charge on any atom is 0.313 e. The molecule has 1 atom stereocenters. The van der Waals surface area contributed by atoms with Gasteiger partial charge in [0, 0.05) is 18.8 Å². The topological polar surface area (TPSA) is 105 Å². The van der Waals surface area contributed by atoms with Crippen LogP contribution in [0.2, 0.25) is 0 Å². The van der Waals surface area contributed by atoms with Gasteiger partial charge in [-0.05, 0) is 31.2 Å². The van der Waals surface area contributed by atoms with E-state index in [4.69, 9.17) is 5.73 Å². The Hall–Kier alpha value is -2.44. The van der Waals surface area contributed by atoms with Gasteiger partial charge in [0.05, 0.1) is 17.4 Å². The van der Waals surface area contributed by atoms with Crippen LogP contribution in [0.3, 0.4) is 0 Å². The fourth-order valence-electron chi connectivity index (χ4n) is 2.86. The van der Waals surface area contributed by atoms with Gasteiger partial charge >= 0.3 is 11.8 Å². The van der Waals surface area contributed by atoms with Crippen molar-refractivity contribution < 1.29 is 14.4 Å². The molecule has 0 radical (unpaired) electrons. The summed E-state index contributed by atoms with van der Waals surface area (Å²) in [4.78, 5) is 41.3. The number of carbonyl (C=O) groups excluding carboxylic acids is 3. The molecule has 2 heterocycles. The van der Waals surface area contributed by atoms with Crippen molar-refractivity contribution in [2.45, 2.75) is 39.2 Å². The molecule has 1 aromatic rings. The molecule has 23 heavy (non-hydrogen) atoms. The highest BCUT2D eigenvalue weighted by Crippen LogP contribution is 2.23. The number of aromatic nitrogens is 1. The van der Waals surface area contributed by atoms with Gasteiger partial charge < -0.3 is 16.0 Å². The van der Waals surface area contributed by atoms with E-state index in [1.165, 1.54) is 18.5 Å². The molecule has 0 aliphatic carbocycles. The molecule has 124 valence electrons. The Kier molecular flexibility index (Phi) is 5.31. The number of amides is 3. The van der Waals surface area contributed by atoms with Crippen LogP contribution in [0.5, 0.6) is 0 Å². The van der Waals surface area contributed by atoms with E-state index in [2.05, 4.69) is 24.1 Å². The first-order valence-electron chi connectivity index (χ1n) is 7.77. The number of hydrogen-bond donors (Lipinski definition) is 2. The minimum absolute atomic E-state index is 0.0806. The van der Waals surface area contributed by atoms with E-state index < -0.39 is 17.7 Å². The molecule has 1 aliphatic rings. The third kappa shape index (κ3) is 4.06. The van der Waals surface area contributed by atoms with E-state index in [0.29, 0.717) is 12.5 Å². The molecule has 1 fully saturated rings. The maximum absolute atomic E-state index is 12.4. The molecule has 1 unspecified atom stereocenters. The van der Waals surface area contributed by atoms with Gasteiger partial charge in [0.1, 0.15) is 0 Å². The second-order valence-corrected chi connectivity index (χ2v) is 6.09. The van der Waals surface area contributed by atoms with Crippen molar-refractivity contribution >= 4 is 23.4 Å². The first kappa shape index (κ1) is 16.9. The number of nitrogens with one attached hydrogen (secondary N) is 1. The molecule has 7 heteroatoms. The number of nitrogens with zero attached hydrogens (tertiary/aromatic N) is 2. The van der Waals surface area contributed by atoms with Crippen molar-refractivity contribution in [3.63, 3.8) is 0 Å². The monoisotopic (exact) mass is 318 g/mol. The number of hydrogen-bond acceptors (Lipinski definition) is 4. The Labute approximate surface area is 135 Å². The number of likely N-dealkylation sites (tertiary alicyclic amines) is 1. The summed E-state index contributed by atoms with van der Waals surface area (Å²) >= 11 is 0. The lowest BCUT2D eigenvalue weighted by molar-refractivity contribution is -0.146. The summed E-state index contributed by atoms with van der Waals surface area (Å²) in [7, 11) is 0. The van der Waals surface area contributed by atoms with Gasteiger partial charge in [-0.1, -0.05) is 13.8 Å². The second-order valence-electron chi connectivity index (χ2n) is 6.09. The minimum atomic E-state index is -0.721. The summed E-state index contributed by atoms with van der Waals surface area (Å²) in [5, 5.41) is 2.49. The normalized spacial score (nSPS) is 17.9. The van der Waals surface area contributed by atoms with Crippen LogP contribution < -0.4 is 11.1 Å². The van der Waals surface area contributed by atoms with Crippen molar-refractivity contribution in [1.29, 1.82) is 0 Å². The standard InChI is InChI=1S/C16H22N4O3/c1-10(2)13-5-3-4-6-20(13)16(23)15(22)19-12-7-11(14(17)21)8-18-9-12/h7-10,13H,3-6H2,1-2H3,(H2,17,21)(H,19,22). The predicted molar refractivity (Wildman–Crippen MR) is 85.6 cm³/mol. The van der Waals surface area contributed by atoms with Crippen LogP contribution in [0.15, 0.2) is 18.5 Å². The highest BCUT2D eigenvalue weighted by molar-refractivity contribution is 6.39. The van der Waals surface area contributed by atoms with Gasteiger partial charge in [-0.2, -0.15) is 0 Å². The summed E-state index contributed by atoms with van der Waals surface area (Å²) in [5.41, 5.74) is 5.62. The number of nitrogens with two attached hydrogens (primary N) is 1. The molecule has 3 amide bonds. The highest BCUT2D eigenvalue weighted by Gasteiger charge is 2.32. The number of primary amides is 1. The molecule has 0 spiro atoms. The van der Waals surface area contributed by atoms with Crippen LogP contribution >= 0.6 is 0 Å². The van der Waals surface area contributed by atoms with E-state index >= 15 is 0 Å². The van der Waals surface area contributed by atoms with Gasteiger partial charge in [0.2, 0.25) is 5.91 Å². The lowest BCUT2D eigenvalue weighted by Crippen LogP contribution is -2.50. The van der Waals surface area contributed by atoms with Crippen LogP contribution in [-0.2, 0) is 9.59 Å². The molecule has 2 rings (SSSR count). The highest BCUT2D eigenvalue weighted by atomic mass is 16.2. The molecule has 0 aromatic carbocycles. The number of pyridine rings is 1. The van der Waals surface area contributed by atoms with E-state index in [1.807, 2.05) is 0 Å². The lowest BCUT2D eigenvalue weighted by Gasteiger charge is -2.37. The van der Waals surface area contributed by atoms with Gasteiger partial charge in [-0.25, -0.2) is 0 Å². The largest absolute Gasteiger partial charge is 0.366 e. The SMILES string of the molecule is CC(C)C1CCCCN1C(=O)C(=O)Nc1cncc(C(N)=O)c1. The first-order valence-corrected chi connectivity index (χ1v) is 7.77. The summed E-state index contributed by atoms with van der Waals surface area (Å²) in [6.45, 7) is 4.69. The van der Waals surface area contributed by atoms with Crippen molar-refractivity contribution in [1.82, 2.24) is 9.88 Å². The summed E-state index contributed by atoms with van der Waals surface area (Å²) < 4.78 is 0. The van der Waals surface area contributed by atoms with Crippen LogP contribution in [0.25, 0.3) is 0 Å². The first-order chi connectivity index (χ1) is 10.9. The van der Waals surface area contributed by atoms with Crippen molar-refractivity contribution in [2.24, 2.45) is 11.7 Å². The molecular weight excluding hydrogens is 296 g/mol. The fraction of sp³-hybridized carbons (Fsp3) is 0.500. The van der Waals surface area contributed by atoms with E-state index in [-0.39, 0.29) is 17.3 Å². The third-order valence-corrected chi connectivity index (χ3v) is 4.05. The average Bonchev–Trinajstić information content (AvgIpc) is 2.54. The quantitative estimate of drug-likeness (QED) is 0.816. The Morgan fingerprint density at radius 2 is 2.04 bits per heavy atom. The zero-order valence-electron chi connectivity index (χ0n) is 13.4. The van der Waals surface area contributed by atoms with Crippen LogP contribution in [0.1, 0.15) is 43.5 Å². The number of carbonyl (C=O) groups is 3. The molecule has 1 aliphatic heterocycles. The lowest BCUT2D eigenvalue weighted by atomic mass is 9.92. The zero-order chi connectivity index (χ0) is 17.0. The summed E-state index contributed by atoms with van der Waals surface area (Å²) in [6, 6.07) is 1.48. The van der Waals surface area contributed by atoms with E-state index in [9.17, 15) is 14.4 Å². The average molecular weight is 318 g/mol. The molecule has 1 aromatic heterocycles. The maximum atomic E-state index is 12.4. The van der Waals surface area contributed by atoms with Crippen LogP contribution in [0, 0.1) is 5.92 Å². The van der Waals surface area contributed by atoms with Crippen molar-refractivity contribution in [3.8, 4) is 0 Å². The van der Waals surface area contributed by atoms with Gasteiger partial charge in [-0.3, -0.25) is 19.4 Å². The molecule has 0 saturated carbocycles. The third-order valence-electron chi connectivity index (χ3n) is 4.05. The van der Waals surface area contributed by atoms with Crippen molar-refractivity contribution in [2.75, 3.05) is 11.9 Å². The van der Waals surface area contributed by atoms with E-state index in [0.717, 1.165) is 19.3 Å². The van der Waals surface area contributed by atoms with Gasteiger partial charge in [0.25, 0.3) is 0 Å². The zero-order valence-corrected chi connectivity index (χ0v) is 13.4. The molecular formula is C16H22N4O3. The number of rotatable bonds is 3. The van der Waals surface area contributed by atoms with Crippen molar-refractivity contribution in [3.05, 3.63) is 24.0 Å². The summed E-state index contributed by atoms with van der Waals surface area (Å²) in [6.07, 6.45) is 5.56. The number of piperidine rings is 1. The molecule has 3 N–H and O–H groups in total. The Morgan fingerprint density at radius 1 is 1.30 bits per heavy atom. The Morgan fingerprint density at radius 3 is 2.70 bits per heavy atom. The smallest absolute Gasteiger partial charge is 0.313 e. The fourth-order valence-corrected chi connectivity index (χ4v) is 2.86. The van der Waals surface area contributed by atoms with Gasteiger partial charge in [-0.15, -0.1) is 0 Å². The Balaban J connectivity index is 2.09. The molecule has 0 bridgehead atoms. The Bertz CT molecular complexity index is 615. The predicted octanol–water partition coefficient (Wildman–Crippen LogP) is 1.16. The van der Waals surface area contributed by atoms with E-state index in [1.54, 1.807) is 4.90 Å². The number of anilines is 1. The van der Waals surface area contributed by atoms with Crippen LogP contribution in [0.4, 0.5) is 5.69 Å². The minimum Gasteiger partial charge on any atom is -0.366 e. The molecule has 1 saturated heterocycles.